The number of halogens is 3. The predicted molar refractivity (Wildman–Crippen MR) is 65.3 cm³/mol. The van der Waals surface area contributed by atoms with Gasteiger partial charge in [0.25, 0.3) is 5.88 Å². The number of hydrogen-bond acceptors (Lipinski definition) is 4. The molecule has 0 aliphatic heterocycles. The van der Waals surface area contributed by atoms with Gasteiger partial charge in [-0.2, -0.15) is 9.37 Å². The Labute approximate surface area is 110 Å². The standard InChI is InChI=1S/C11H8BrF2N3O/c1-5-10(14)11(17-4-16-5)18-9-3-7(13)6(12)2-8(9)15/h2-4H,15H2,1H3. The molecule has 0 unspecified atom stereocenters. The van der Waals surface area contributed by atoms with Gasteiger partial charge in [0, 0.05) is 6.07 Å². The van der Waals surface area contributed by atoms with Crippen LogP contribution in [0.3, 0.4) is 0 Å². The molecule has 0 atom stereocenters. The molecule has 4 nitrogen and oxygen atoms in total. The topological polar surface area (TPSA) is 61.0 Å². The van der Waals surface area contributed by atoms with Crippen LogP contribution >= 0.6 is 15.9 Å². The summed E-state index contributed by atoms with van der Waals surface area (Å²) < 4.78 is 32.3. The largest absolute Gasteiger partial charge is 0.434 e. The van der Waals surface area contributed by atoms with Gasteiger partial charge in [0.15, 0.2) is 5.75 Å². The third-order valence-electron chi connectivity index (χ3n) is 2.19. The maximum atomic E-state index is 13.6. The van der Waals surface area contributed by atoms with E-state index in [9.17, 15) is 8.78 Å². The van der Waals surface area contributed by atoms with Crippen molar-refractivity contribution in [3.63, 3.8) is 0 Å². The highest BCUT2D eigenvalue weighted by Gasteiger charge is 2.13. The monoisotopic (exact) mass is 315 g/mol. The Morgan fingerprint density at radius 3 is 2.72 bits per heavy atom. The van der Waals surface area contributed by atoms with Gasteiger partial charge in [-0.05, 0) is 28.9 Å². The van der Waals surface area contributed by atoms with E-state index >= 15 is 0 Å². The summed E-state index contributed by atoms with van der Waals surface area (Å²) in [5.41, 5.74) is 5.94. The Balaban J connectivity index is 2.40. The molecule has 7 heteroatoms. The fourth-order valence-corrected chi connectivity index (χ4v) is 1.60. The Hall–Kier alpha value is -1.76. The van der Waals surface area contributed by atoms with Crippen molar-refractivity contribution in [1.82, 2.24) is 9.97 Å². The Morgan fingerprint density at radius 2 is 2.00 bits per heavy atom. The minimum atomic E-state index is -0.708. The van der Waals surface area contributed by atoms with Crippen molar-refractivity contribution in [3.05, 3.63) is 40.3 Å². The number of hydrogen-bond donors (Lipinski definition) is 1. The van der Waals surface area contributed by atoms with Crippen LogP contribution in [-0.4, -0.2) is 9.97 Å². The molecule has 0 saturated heterocycles. The third kappa shape index (κ3) is 2.40. The molecule has 0 radical (unpaired) electrons. The predicted octanol–water partition coefficient (Wildman–Crippen LogP) is 3.20. The molecule has 0 fully saturated rings. The van der Waals surface area contributed by atoms with E-state index in [0.717, 1.165) is 12.4 Å². The Kier molecular flexibility index (Phi) is 3.42. The van der Waals surface area contributed by atoms with Crippen LogP contribution in [0.2, 0.25) is 0 Å². The molecule has 1 heterocycles. The first kappa shape index (κ1) is 12.7. The highest BCUT2D eigenvalue weighted by atomic mass is 79.9. The number of nitrogen functional groups attached to an aromatic ring is 1. The number of rotatable bonds is 2. The zero-order chi connectivity index (χ0) is 13.3. The first-order chi connectivity index (χ1) is 8.49. The van der Waals surface area contributed by atoms with Crippen molar-refractivity contribution in [2.45, 2.75) is 6.92 Å². The van der Waals surface area contributed by atoms with Crippen LogP contribution in [0.15, 0.2) is 22.9 Å². The number of aromatic nitrogens is 2. The van der Waals surface area contributed by atoms with Crippen LogP contribution in [0, 0.1) is 18.6 Å². The maximum absolute atomic E-state index is 13.6. The molecule has 0 bridgehead atoms. The van der Waals surface area contributed by atoms with Gasteiger partial charge in [-0.15, -0.1) is 0 Å². The van der Waals surface area contributed by atoms with Crippen molar-refractivity contribution in [3.8, 4) is 11.6 Å². The molecule has 2 rings (SSSR count). The van der Waals surface area contributed by atoms with Gasteiger partial charge < -0.3 is 10.5 Å². The second-order valence-corrected chi connectivity index (χ2v) is 4.34. The lowest BCUT2D eigenvalue weighted by Gasteiger charge is -2.09. The maximum Gasteiger partial charge on any atom is 0.259 e. The van der Waals surface area contributed by atoms with E-state index < -0.39 is 11.6 Å². The van der Waals surface area contributed by atoms with Crippen LogP contribution in [0.25, 0.3) is 0 Å². The lowest BCUT2D eigenvalue weighted by Crippen LogP contribution is -1.99. The molecule has 2 N–H and O–H groups in total. The van der Waals surface area contributed by atoms with Gasteiger partial charge in [0.1, 0.15) is 12.1 Å². The van der Waals surface area contributed by atoms with Crippen molar-refractivity contribution in [2.24, 2.45) is 0 Å². The smallest absolute Gasteiger partial charge is 0.259 e. The summed E-state index contributed by atoms with van der Waals surface area (Å²) in [4.78, 5) is 7.29. The third-order valence-corrected chi connectivity index (χ3v) is 2.80. The molecule has 0 aliphatic rings. The second-order valence-electron chi connectivity index (χ2n) is 3.48. The van der Waals surface area contributed by atoms with Gasteiger partial charge in [0.05, 0.1) is 15.9 Å². The number of benzene rings is 1. The average molecular weight is 316 g/mol. The van der Waals surface area contributed by atoms with Gasteiger partial charge in [-0.3, -0.25) is 0 Å². The zero-order valence-corrected chi connectivity index (χ0v) is 10.8. The average Bonchev–Trinajstić information content (AvgIpc) is 2.32. The molecule has 0 spiro atoms. The number of anilines is 1. The van der Waals surface area contributed by atoms with Gasteiger partial charge in [0.2, 0.25) is 5.82 Å². The molecule has 0 amide bonds. The summed E-state index contributed by atoms with van der Waals surface area (Å²) in [6.45, 7) is 1.47. The lowest BCUT2D eigenvalue weighted by atomic mass is 10.3. The fraction of sp³-hybridized carbons (Fsp3) is 0.0909. The molecule has 94 valence electrons. The minimum Gasteiger partial charge on any atom is -0.434 e. The van der Waals surface area contributed by atoms with Gasteiger partial charge in [-0.1, -0.05) is 0 Å². The summed E-state index contributed by atoms with van der Waals surface area (Å²) in [5, 5.41) is 0. The van der Waals surface area contributed by atoms with Crippen molar-refractivity contribution >= 4 is 21.6 Å². The number of ether oxygens (including phenoxy) is 1. The molecule has 0 saturated carbocycles. The van der Waals surface area contributed by atoms with E-state index in [1.165, 1.54) is 13.0 Å². The molecule has 0 aliphatic carbocycles. The minimum absolute atomic E-state index is 0.00676. The van der Waals surface area contributed by atoms with Crippen LogP contribution < -0.4 is 10.5 Å². The van der Waals surface area contributed by atoms with Crippen LogP contribution in [0.4, 0.5) is 14.5 Å². The van der Waals surface area contributed by atoms with Gasteiger partial charge >= 0.3 is 0 Å². The highest BCUT2D eigenvalue weighted by molar-refractivity contribution is 9.10. The van der Waals surface area contributed by atoms with E-state index in [0.29, 0.717) is 0 Å². The van der Waals surface area contributed by atoms with Crippen molar-refractivity contribution in [2.75, 3.05) is 5.73 Å². The first-order valence-electron chi connectivity index (χ1n) is 4.88. The van der Waals surface area contributed by atoms with Crippen molar-refractivity contribution in [1.29, 1.82) is 0 Å². The molecule has 1 aromatic heterocycles. The van der Waals surface area contributed by atoms with E-state index in [-0.39, 0.29) is 27.5 Å². The first-order valence-corrected chi connectivity index (χ1v) is 5.68. The normalized spacial score (nSPS) is 10.4. The number of nitrogens with two attached hydrogens (primary N) is 1. The quantitative estimate of drug-likeness (QED) is 0.864. The van der Waals surface area contributed by atoms with E-state index in [1.807, 2.05) is 0 Å². The molecular weight excluding hydrogens is 308 g/mol. The van der Waals surface area contributed by atoms with Crippen LogP contribution in [-0.2, 0) is 0 Å². The molecule has 2 aromatic rings. The van der Waals surface area contributed by atoms with Crippen molar-refractivity contribution < 1.29 is 13.5 Å². The van der Waals surface area contributed by atoms with E-state index in [4.69, 9.17) is 10.5 Å². The Morgan fingerprint density at radius 1 is 1.28 bits per heavy atom. The lowest BCUT2D eigenvalue weighted by molar-refractivity contribution is 0.415. The second kappa shape index (κ2) is 4.85. The SMILES string of the molecule is Cc1ncnc(Oc2cc(F)c(Br)cc2N)c1F. The number of nitrogens with zero attached hydrogens (tertiary/aromatic N) is 2. The molecule has 18 heavy (non-hydrogen) atoms. The molecule has 1 aromatic carbocycles. The van der Waals surface area contributed by atoms with Crippen LogP contribution in [0.5, 0.6) is 11.6 Å². The fourth-order valence-electron chi connectivity index (χ4n) is 1.24. The summed E-state index contributed by atoms with van der Waals surface area (Å²) in [5.74, 6) is -1.57. The summed E-state index contributed by atoms with van der Waals surface area (Å²) >= 11 is 2.98. The van der Waals surface area contributed by atoms with Crippen LogP contribution in [0.1, 0.15) is 5.69 Å². The summed E-state index contributed by atoms with van der Waals surface area (Å²) in [6.07, 6.45) is 1.15. The summed E-state index contributed by atoms with van der Waals surface area (Å²) in [6, 6.07) is 2.38. The zero-order valence-electron chi connectivity index (χ0n) is 9.25. The summed E-state index contributed by atoms with van der Waals surface area (Å²) in [7, 11) is 0. The van der Waals surface area contributed by atoms with E-state index in [1.54, 1.807) is 0 Å². The van der Waals surface area contributed by atoms with Gasteiger partial charge in [-0.25, -0.2) is 9.37 Å². The molecular formula is C11H8BrF2N3O. The number of aryl methyl sites for hydroxylation is 1. The Bertz CT molecular complexity index is 607. The van der Waals surface area contributed by atoms with E-state index in [2.05, 4.69) is 25.9 Å². The highest BCUT2D eigenvalue weighted by Crippen LogP contribution is 2.32.